The van der Waals surface area contributed by atoms with Crippen LogP contribution in [0.5, 0.6) is 0 Å². The molecule has 4 aromatic rings. The Morgan fingerprint density at radius 3 is 2.23 bits per heavy atom. The van der Waals surface area contributed by atoms with Crippen LogP contribution in [0.15, 0.2) is 71.8 Å². The lowest BCUT2D eigenvalue weighted by molar-refractivity contribution is 0.256. The zero-order valence-corrected chi connectivity index (χ0v) is 23.5. The Morgan fingerprint density at radius 1 is 0.872 bits per heavy atom. The molecule has 0 N–H and O–H groups in total. The summed E-state index contributed by atoms with van der Waals surface area (Å²) in [7, 11) is -1.98. The minimum absolute atomic E-state index is 0.113. The van der Waals surface area contributed by atoms with Crippen molar-refractivity contribution in [2.75, 3.05) is 48.5 Å². The molecule has 0 saturated carbocycles. The molecule has 0 atom stereocenters. The summed E-state index contributed by atoms with van der Waals surface area (Å²) >= 11 is 0. The molecule has 8 nitrogen and oxygen atoms in total. The SMILES string of the molecule is Cc1cc(C)c2c(n1)S(=O)(=O)N(CCCN1CCN(c3ccccc3)CC1)c1c-2nn(C)c1-c1ccccc1. The molecule has 1 fully saturated rings. The van der Waals surface area contributed by atoms with E-state index in [1.807, 2.05) is 63.4 Å². The van der Waals surface area contributed by atoms with Crippen molar-refractivity contribution in [1.29, 1.82) is 0 Å². The van der Waals surface area contributed by atoms with E-state index in [4.69, 9.17) is 5.10 Å². The Balaban J connectivity index is 1.29. The van der Waals surface area contributed by atoms with Crippen molar-refractivity contribution in [3.8, 4) is 22.5 Å². The third kappa shape index (κ3) is 4.59. The van der Waals surface area contributed by atoms with E-state index in [1.165, 1.54) is 5.69 Å². The first-order valence-corrected chi connectivity index (χ1v) is 14.9. The van der Waals surface area contributed by atoms with Crippen molar-refractivity contribution in [2.24, 2.45) is 7.05 Å². The van der Waals surface area contributed by atoms with Gasteiger partial charge in [0.1, 0.15) is 11.4 Å². The molecule has 0 bridgehead atoms. The van der Waals surface area contributed by atoms with Crippen molar-refractivity contribution in [3.63, 3.8) is 0 Å². The molecule has 0 unspecified atom stereocenters. The fourth-order valence-corrected chi connectivity index (χ4v) is 7.64. The molecular weight excluding hydrogens is 508 g/mol. The van der Waals surface area contributed by atoms with Gasteiger partial charge in [0.2, 0.25) is 0 Å². The first-order chi connectivity index (χ1) is 18.8. The zero-order valence-electron chi connectivity index (χ0n) is 22.7. The molecule has 2 aromatic heterocycles. The third-order valence-corrected chi connectivity index (χ3v) is 9.46. The fourth-order valence-electron chi connectivity index (χ4n) is 5.88. The number of nitrogens with zero attached hydrogens (tertiary/aromatic N) is 6. The van der Waals surface area contributed by atoms with Crippen LogP contribution in [-0.2, 0) is 17.1 Å². The van der Waals surface area contributed by atoms with Crippen LogP contribution in [-0.4, -0.2) is 67.4 Å². The molecule has 9 heteroatoms. The predicted octanol–water partition coefficient (Wildman–Crippen LogP) is 4.49. The van der Waals surface area contributed by atoms with E-state index in [9.17, 15) is 8.42 Å². The summed E-state index contributed by atoms with van der Waals surface area (Å²) in [5, 5.41) is 4.98. The highest BCUT2D eigenvalue weighted by molar-refractivity contribution is 7.93. The number of sulfonamides is 1. The van der Waals surface area contributed by atoms with Crippen LogP contribution >= 0.6 is 0 Å². The monoisotopic (exact) mass is 542 g/mol. The lowest BCUT2D eigenvalue weighted by atomic mass is 10.0. The van der Waals surface area contributed by atoms with Gasteiger partial charge in [-0.1, -0.05) is 48.5 Å². The molecule has 6 rings (SSSR count). The van der Waals surface area contributed by atoms with Crippen LogP contribution in [0.3, 0.4) is 0 Å². The summed E-state index contributed by atoms with van der Waals surface area (Å²) in [6.07, 6.45) is 0.716. The van der Waals surface area contributed by atoms with Gasteiger partial charge in [0, 0.05) is 68.8 Å². The van der Waals surface area contributed by atoms with E-state index in [0.29, 0.717) is 35.6 Å². The quantitative estimate of drug-likeness (QED) is 0.358. The third-order valence-electron chi connectivity index (χ3n) is 7.73. The van der Waals surface area contributed by atoms with Crippen molar-refractivity contribution < 1.29 is 8.42 Å². The number of hydrogen-bond donors (Lipinski definition) is 0. The molecule has 0 spiro atoms. The maximum atomic E-state index is 14.2. The van der Waals surface area contributed by atoms with Gasteiger partial charge >= 0.3 is 0 Å². The number of benzene rings is 2. The summed E-state index contributed by atoms with van der Waals surface area (Å²) in [5.41, 5.74) is 6.50. The number of piperazine rings is 1. The Bertz CT molecular complexity index is 1590. The molecule has 2 aromatic carbocycles. The lowest BCUT2D eigenvalue weighted by Crippen LogP contribution is -2.47. The number of hydrogen-bond acceptors (Lipinski definition) is 6. The summed E-state index contributed by atoms with van der Waals surface area (Å²) < 4.78 is 31.7. The van der Waals surface area contributed by atoms with E-state index >= 15 is 0 Å². The molecule has 202 valence electrons. The second kappa shape index (κ2) is 10.1. The number of rotatable bonds is 6. The standard InChI is InChI=1S/C30H34N6O2S/c1-22-21-23(2)31-30-26(22)27-29(28(33(3)32-27)24-11-6-4-7-12-24)36(39(30,37)38)16-10-15-34-17-19-35(20-18-34)25-13-8-5-9-14-25/h4-9,11-14,21H,10,15-20H2,1-3H3. The van der Waals surface area contributed by atoms with Crippen molar-refractivity contribution >= 4 is 21.4 Å². The second-order valence-corrected chi connectivity index (χ2v) is 12.2. The van der Waals surface area contributed by atoms with Crippen molar-refractivity contribution in [2.45, 2.75) is 25.3 Å². The lowest BCUT2D eigenvalue weighted by Gasteiger charge is -2.36. The van der Waals surface area contributed by atoms with Crippen LogP contribution in [0, 0.1) is 13.8 Å². The summed E-state index contributed by atoms with van der Waals surface area (Å²) in [6, 6.07) is 22.3. The fraction of sp³-hybridized carbons (Fsp3) is 0.333. The minimum Gasteiger partial charge on any atom is -0.369 e. The van der Waals surface area contributed by atoms with Gasteiger partial charge in [-0.05, 0) is 44.0 Å². The smallest absolute Gasteiger partial charge is 0.282 e. The van der Waals surface area contributed by atoms with E-state index in [1.54, 1.807) is 8.99 Å². The molecular formula is C30H34N6O2S. The molecule has 1 saturated heterocycles. The Labute approximate surface area is 230 Å². The first-order valence-electron chi connectivity index (χ1n) is 13.5. The molecule has 39 heavy (non-hydrogen) atoms. The van der Waals surface area contributed by atoms with Gasteiger partial charge in [0.15, 0.2) is 5.03 Å². The molecule has 0 aliphatic carbocycles. The molecule has 2 aliphatic heterocycles. The van der Waals surface area contributed by atoms with Crippen LogP contribution < -0.4 is 9.21 Å². The zero-order chi connectivity index (χ0) is 27.1. The molecule has 4 heterocycles. The number of para-hydroxylation sites is 1. The summed E-state index contributed by atoms with van der Waals surface area (Å²) in [4.78, 5) is 9.37. The largest absolute Gasteiger partial charge is 0.369 e. The summed E-state index contributed by atoms with van der Waals surface area (Å²) in [5.74, 6) is 0. The summed E-state index contributed by atoms with van der Waals surface area (Å²) in [6.45, 7) is 8.82. The Kier molecular flexibility index (Phi) is 6.64. The van der Waals surface area contributed by atoms with Crippen LogP contribution in [0.2, 0.25) is 0 Å². The predicted molar refractivity (Wildman–Crippen MR) is 156 cm³/mol. The van der Waals surface area contributed by atoms with E-state index in [-0.39, 0.29) is 5.03 Å². The molecule has 2 aliphatic rings. The number of pyridine rings is 1. The first kappa shape index (κ1) is 25.6. The number of fused-ring (bicyclic) bond motifs is 3. The van der Waals surface area contributed by atoms with Gasteiger partial charge in [0.25, 0.3) is 10.0 Å². The van der Waals surface area contributed by atoms with Crippen LogP contribution in [0.25, 0.3) is 22.5 Å². The van der Waals surface area contributed by atoms with Gasteiger partial charge in [0.05, 0.1) is 5.69 Å². The van der Waals surface area contributed by atoms with E-state index < -0.39 is 10.0 Å². The molecule has 0 radical (unpaired) electrons. The highest BCUT2D eigenvalue weighted by atomic mass is 32.2. The highest BCUT2D eigenvalue weighted by Crippen LogP contribution is 2.48. The van der Waals surface area contributed by atoms with Crippen molar-refractivity contribution in [3.05, 3.63) is 78.0 Å². The Morgan fingerprint density at radius 2 is 1.54 bits per heavy atom. The number of anilines is 2. The topological polar surface area (TPSA) is 74.6 Å². The number of aromatic nitrogens is 3. The van der Waals surface area contributed by atoms with Gasteiger partial charge in [-0.15, -0.1) is 0 Å². The minimum atomic E-state index is -3.86. The average molecular weight is 543 g/mol. The highest BCUT2D eigenvalue weighted by Gasteiger charge is 2.41. The van der Waals surface area contributed by atoms with E-state index in [0.717, 1.165) is 49.5 Å². The second-order valence-electron chi connectivity index (χ2n) is 10.4. The van der Waals surface area contributed by atoms with Gasteiger partial charge in [-0.25, -0.2) is 4.98 Å². The molecule has 0 amide bonds. The van der Waals surface area contributed by atoms with Crippen molar-refractivity contribution in [1.82, 2.24) is 19.7 Å². The maximum Gasteiger partial charge on any atom is 0.282 e. The van der Waals surface area contributed by atoms with Crippen LogP contribution in [0.1, 0.15) is 17.7 Å². The van der Waals surface area contributed by atoms with Gasteiger partial charge in [-0.3, -0.25) is 13.9 Å². The Hall–Kier alpha value is -3.69. The van der Waals surface area contributed by atoms with Gasteiger partial charge < -0.3 is 4.90 Å². The maximum absolute atomic E-state index is 14.2. The number of aryl methyl sites for hydroxylation is 3. The normalized spacial score (nSPS) is 16.7. The average Bonchev–Trinajstić information content (AvgIpc) is 3.27. The van der Waals surface area contributed by atoms with E-state index in [2.05, 4.69) is 39.0 Å². The van der Waals surface area contributed by atoms with Gasteiger partial charge in [-0.2, -0.15) is 13.5 Å². The van der Waals surface area contributed by atoms with Crippen LogP contribution in [0.4, 0.5) is 11.4 Å².